The van der Waals surface area contributed by atoms with Crippen LogP contribution < -0.4 is 14.8 Å². The van der Waals surface area contributed by atoms with Gasteiger partial charge in [-0.1, -0.05) is 17.7 Å². The van der Waals surface area contributed by atoms with Gasteiger partial charge in [-0.3, -0.25) is 9.69 Å². The van der Waals surface area contributed by atoms with Crippen molar-refractivity contribution in [3.8, 4) is 11.5 Å². The van der Waals surface area contributed by atoms with Gasteiger partial charge in [-0.25, -0.2) is 13.6 Å². The van der Waals surface area contributed by atoms with E-state index in [1.54, 1.807) is 12.1 Å². The van der Waals surface area contributed by atoms with E-state index in [-0.39, 0.29) is 12.1 Å². The lowest BCUT2D eigenvalue weighted by Gasteiger charge is -2.23. The minimum absolute atomic E-state index is 0.0978. The zero-order chi connectivity index (χ0) is 20.1. The molecule has 2 heterocycles. The van der Waals surface area contributed by atoms with Crippen LogP contribution in [0.3, 0.4) is 0 Å². The molecule has 0 saturated carbocycles. The van der Waals surface area contributed by atoms with Crippen molar-refractivity contribution in [2.75, 3.05) is 13.2 Å². The summed E-state index contributed by atoms with van der Waals surface area (Å²) in [6, 6.07) is 5.36. The molecule has 3 amide bonds. The van der Waals surface area contributed by atoms with E-state index in [2.05, 4.69) is 5.32 Å². The van der Waals surface area contributed by atoms with Crippen molar-refractivity contribution in [1.82, 2.24) is 10.2 Å². The molecule has 1 saturated heterocycles. The summed E-state index contributed by atoms with van der Waals surface area (Å²) < 4.78 is 38.4. The van der Waals surface area contributed by atoms with Crippen LogP contribution >= 0.6 is 11.6 Å². The smallest absolute Gasteiger partial charge is 0.325 e. The number of carbonyl (C=O) groups is 2. The maximum atomic E-state index is 14.2. The predicted molar refractivity (Wildman–Crippen MR) is 95.2 cm³/mol. The molecule has 6 nitrogen and oxygen atoms in total. The lowest BCUT2D eigenvalue weighted by molar-refractivity contribution is -0.131. The molecule has 2 aromatic carbocycles. The number of hydrogen-bond acceptors (Lipinski definition) is 4. The van der Waals surface area contributed by atoms with Gasteiger partial charge in [0.1, 0.15) is 30.4 Å². The van der Waals surface area contributed by atoms with Crippen LogP contribution in [-0.2, 0) is 16.9 Å². The van der Waals surface area contributed by atoms with Gasteiger partial charge >= 0.3 is 6.03 Å². The Bertz CT molecular complexity index is 1000. The van der Waals surface area contributed by atoms with E-state index in [9.17, 15) is 18.4 Å². The van der Waals surface area contributed by atoms with Crippen LogP contribution in [0.4, 0.5) is 13.6 Å². The number of urea groups is 1. The van der Waals surface area contributed by atoms with Gasteiger partial charge in [0, 0.05) is 11.6 Å². The molecule has 2 aromatic rings. The number of nitrogens with one attached hydrogen (secondary N) is 1. The Balaban J connectivity index is 1.64. The highest BCUT2D eigenvalue weighted by molar-refractivity contribution is 6.32. The van der Waals surface area contributed by atoms with E-state index in [0.717, 1.165) is 17.0 Å². The van der Waals surface area contributed by atoms with Gasteiger partial charge in [0.2, 0.25) is 0 Å². The summed E-state index contributed by atoms with van der Waals surface area (Å²) >= 11 is 6.20. The molecule has 1 N–H and O–H groups in total. The van der Waals surface area contributed by atoms with Crippen LogP contribution in [0.15, 0.2) is 30.3 Å². The fraction of sp³-hybridized carbons (Fsp3) is 0.263. The fourth-order valence-corrected chi connectivity index (χ4v) is 3.64. The molecule has 1 atom stereocenters. The minimum Gasteiger partial charge on any atom is -0.486 e. The molecule has 1 unspecified atom stereocenters. The zero-order valence-electron chi connectivity index (χ0n) is 14.7. The standard InChI is InChI=1S/C19H15ClF2N2O4/c1-19(12-3-2-11(21)8-14(12)22)17(25)24(18(26)23-19)9-10-6-13(20)16-15(7-10)27-4-5-28-16/h2-3,6-8H,4-5,9H2,1H3,(H,23,26). The van der Waals surface area contributed by atoms with Crippen molar-refractivity contribution in [3.05, 3.63) is 58.1 Å². The first-order valence-corrected chi connectivity index (χ1v) is 8.85. The molecular weight excluding hydrogens is 394 g/mol. The highest BCUT2D eigenvalue weighted by Crippen LogP contribution is 2.39. The highest BCUT2D eigenvalue weighted by atomic mass is 35.5. The molecule has 146 valence electrons. The highest BCUT2D eigenvalue weighted by Gasteiger charge is 2.50. The Labute approximate surface area is 164 Å². The Morgan fingerprint density at radius 1 is 1.18 bits per heavy atom. The summed E-state index contributed by atoms with van der Waals surface area (Å²) in [4.78, 5) is 26.3. The summed E-state index contributed by atoms with van der Waals surface area (Å²) in [7, 11) is 0. The second-order valence-corrected chi connectivity index (χ2v) is 7.08. The number of ether oxygens (including phenoxy) is 2. The van der Waals surface area contributed by atoms with E-state index in [1.165, 1.54) is 6.92 Å². The lowest BCUT2D eigenvalue weighted by Crippen LogP contribution is -2.41. The molecular formula is C19H15ClF2N2O4. The van der Waals surface area contributed by atoms with E-state index in [0.29, 0.717) is 41.4 Å². The predicted octanol–water partition coefficient (Wildman–Crippen LogP) is 3.36. The first kappa shape index (κ1) is 18.5. The molecule has 2 aliphatic heterocycles. The van der Waals surface area contributed by atoms with Gasteiger partial charge in [-0.05, 0) is 30.7 Å². The van der Waals surface area contributed by atoms with Crippen LogP contribution in [0.5, 0.6) is 11.5 Å². The Morgan fingerprint density at radius 3 is 2.68 bits per heavy atom. The van der Waals surface area contributed by atoms with Gasteiger partial charge in [-0.15, -0.1) is 0 Å². The maximum absolute atomic E-state index is 14.2. The monoisotopic (exact) mass is 408 g/mol. The molecule has 4 rings (SSSR count). The first-order chi connectivity index (χ1) is 13.3. The molecule has 28 heavy (non-hydrogen) atoms. The minimum atomic E-state index is -1.65. The summed E-state index contributed by atoms with van der Waals surface area (Å²) in [5, 5.41) is 2.79. The van der Waals surface area contributed by atoms with E-state index in [4.69, 9.17) is 21.1 Å². The second-order valence-electron chi connectivity index (χ2n) is 6.67. The normalized spacial score (nSPS) is 21.1. The largest absolute Gasteiger partial charge is 0.486 e. The third-order valence-electron chi connectivity index (χ3n) is 4.74. The van der Waals surface area contributed by atoms with Crippen LogP contribution in [-0.4, -0.2) is 30.1 Å². The Hall–Kier alpha value is -2.87. The molecule has 0 bridgehead atoms. The second kappa shape index (κ2) is 6.63. The number of nitrogens with zero attached hydrogens (tertiary/aromatic N) is 1. The van der Waals surface area contributed by atoms with Gasteiger partial charge < -0.3 is 14.8 Å². The summed E-state index contributed by atoms with van der Waals surface area (Å²) in [6.45, 7) is 2.01. The Morgan fingerprint density at radius 2 is 1.93 bits per heavy atom. The molecule has 2 aliphatic rings. The van der Waals surface area contributed by atoms with Crippen molar-refractivity contribution in [2.24, 2.45) is 0 Å². The number of benzene rings is 2. The molecule has 0 aliphatic carbocycles. The average Bonchev–Trinajstić information content (AvgIpc) is 2.85. The van der Waals surface area contributed by atoms with Crippen molar-refractivity contribution in [1.29, 1.82) is 0 Å². The fourth-order valence-electron chi connectivity index (χ4n) is 3.36. The van der Waals surface area contributed by atoms with Gasteiger partial charge in [0.15, 0.2) is 11.5 Å². The number of amides is 3. The van der Waals surface area contributed by atoms with Crippen molar-refractivity contribution in [3.63, 3.8) is 0 Å². The van der Waals surface area contributed by atoms with Gasteiger partial charge in [0.05, 0.1) is 11.6 Å². The van der Waals surface area contributed by atoms with Crippen LogP contribution in [0, 0.1) is 11.6 Å². The van der Waals surface area contributed by atoms with Crippen LogP contribution in [0.2, 0.25) is 5.02 Å². The maximum Gasteiger partial charge on any atom is 0.325 e. The van der Waals surface area contributed by atoms with E-state index in [1.807, 2.05) is 0 Å². The number of imide groups is 1. The topological polar surface area (TPSA) is 67.9 Å². The summed E-state index contributed by atoms with van der Waals surface area (Å²) in [5.74, 6) is -1.51. The zero-order valence-corrected chi connectivity index (χ0v) is 15.5. The van der Waals surface area contributed by atoms with E-state index >= 15 is 0 Å². The molecule has 0 spiro atoms. The Kier molecular flexibility index (Phi) is 4.38. The number of carbonyl (C=O) groups excluding carboxylic acids is 2. The number of hydrogen-bond donors (Lipinski definition) is 1. The molecule has 1 fully saturated rings. The van der Waals surface area contributed by atoms with Crippen LogP contribution in [0.25, 0.3) is 0 Å². The third-order valence-corrected chi connectivity index (χ3v) is 5.02. The number of halogens is 3. The number of rotatable bonds is 3. The van der Waals surface area contributed by atoms with Gasteiger partial charge in [0.25, 0.3) is 5.91 Å². The average molecular weight is 409 g/mol. The lowest BCUT2D eigenvalue weighted by atomic mass is 9.91. The molecule has 0 aromatic heterocycles. The van der Waals surface area contributed by atoms with Crippen molar-refractivity contribution >= 4 is 23.5 Å². The van der Waals surface area contributed by atoms with E-state index < -0.39 is 29.1 Å². The first-order valence-electron chi connectivity index (χ1n) is 8.47. The quantitative estimate of drug-likeness (QED) is 0.791. The summed E-state index contributed by atoms with van der Waals surface area (Å²) in [6.07, 6.45) is 0. The van der Waals surface area contributed by atoms with Gasteiger partial charge in [-0.2, -0.15) is 0 Å². The molecule has 9 heteroatoms. The third kappa shape index (κ3) is 2.93. The van der Waals surface area contributed by atoms with Crippen molar-refractivity contribution in [2.45, 2.75) is 19.0 Å². The number of fused-ring (bicyclic) bond motifs is 1. The van der Waals surface area contributed by atoms with Crippen molar-refractivity contribution < 1.29 is 27.8 Å². The van der Waals surface area contributed by atoms with Crippen LogP contribution in [0.1, 0.15) is 18.1 Å². The molecule has 0 radical (unpaired) electrons. The SMILES string of the molecule is CC1(c2ccc(F)cc2F)NC(=O)N(Cc2cc(Cl)c3c(c2)OCCO3)C1=O. The summed E-state index contributed by atoms with van der Waals surface area (Å²) in [5.41, 5.74) is -1.22.